The van der Waals surface area contributed by atoms with Gasteiger partial charge in [-0.3, -0.25) is 14.4 Å². The molecule has 2 aromatic rings. The van der Waals surface area contributed by atoms with Gasteiger partial charge in [-0.2, -0.15) is 0 Å². The highest BCUT2D eigenvalue weighted by molar-refractivity contribution is 5.82. The summed E-state index contributed by atoms with van der Waals surface area (Å²) in [6, 6.07) is 9.45. The van der Waals surface area contributed by atoms with Gasteiger partial charge in [-0.15, -0.1) is 0 Å². The predicted octanol–water partition coefficient (Wildman–Crippen LogP) is 1.87. The fraction of sp³-hybridized carbons (Fsp3) is 0.448. The predicted molar refractivity (Wildman–Crippen MR) is 140 cm³/mol. The Morgan fingerprint density at radius 1 is 0.902 bits per heavy atom. The minimum atomic E-state index is -1.61. The number of rotatable bonds is 6. The van der Waals surface area contributed by atoms with Crippen molar-refractivity contribution in [3.8, 4) is 22.6 Å². The van der Waals surface area contributed by atoms with Crippen LogP contribution in [-0.2, 0) is 55.7 Å². The van der Waals surface area contributed by atoms with Gasteiger partial charge in [-0.05, 0) is 47.7 Å². The second-order valence-corrected chi connectivity index (χ2v) is 10.1. The van der Waals surface area contributed by atoms with E-state index in [1.54, 1.807) is 6.07 Å². The third kappa shape index (κ3) is 5.44. The molecule has 1 aliphatic carbocycles. The van der Waals surface area contributed by atoms with E-state index in [1.165, 1.54) is 5.56 Å². The summed E-state index contributed by atoms with van der Waals surface area (Å²) in [5, 5.41) is 15.0. The van der Waals surface area contributed by atoms with Gasteiger partial charge in [-0.1, -0.05) is 24.3 Å². The normalized spacial score (nSPS) is 26.0. The van der Waals surface area contributed by atoms with Crippen LogP contribution in [-0.4, -0.2) is 73.3 Å². The van der Waals surface area contributed by atoms with Gasteiger partial charge in [0.25, 0.3) is 0 Å². The summed E-state index contributed by atoms with van der Waals surface area (Å²) in [6.45, 7) is 4.18. The first-order chi connectivity index (χ1) is 19.6. The number of carbonyl (C=O) groups is 4. The Morgan fingerprint density at radius 2 is 1.59 bits per heavy atom. The number of ether oxygens (including phenoxy) is 6. The molecule has 2 aliphatic heterocycles. The van der Waals surface area contributed by atoms with Crippen molar-refractivity contribution >= 4 is 23.9 Å². The maximum atomic E-state index is 12.7. The van der Waals surface area contributed by atoms with Crippen LogP contribution in [0.3, 0.4) is 0 Å². The number of hydrogen-bond donors (Lipinski definition) is 2. The molecule has 0 spiro atoms. The summed E-state index contributed by atoms with van der Waals surface area (Å²) in [4.78, 5) is 48.8. The van der Waals surface area contributed by atoms with E-state index in [2.05, 4.69) is 11.4 Å². The highest BCUT2D eigenvalue weighted by Crippen LogP contribution is 2.49. The molecular formula is C29H31NO11. The Morgan fingerprint density at radius 3 is 2.27 bits per heavy atom. The molecule has 5 rings (SSSR count). The fourth-order valence-electron chi connectivity index (χ4n) is 5.82. The standard InChI is InChI=1S/C29H31NO11/c1-13(31)37-24-25(38-14(2)32)27(39-15(3)33)29(41-26(24)28(35)36-4)40-20-9-8-17-12-19-21-16(10-11-30-19)6-5-7-18(21)22(17)23(20)34/h5-9,19,24-27,29-30,34H,10-12H2,1-4H3/t19?,24-,25-,26-,27+,29+/m0/s1. The molecule has 0 amide bonds. The number of methoxy groups -OCH3 is 1. The Balaban J connectivity index is 1.56. The van der Waals surface area contributed by atoms with Crippen molar-refractivity contribution in [1.29, 1.82) is 0 Å². The van der Waals surface area contributed by atoms with Crippen LogP contribution < -0.4 is 10.1 Å². The Bertz CT molecular complexity index is 1390. The third-order valence-electron chi connectivity index (χ3n) is 7.33. The van der Waals surface area contributed by atoms with Crippen molar-refractivity contribution in [2.24, 2.45) is 0 Å². The minimum Gasteiger partial charge on any atom is -0.504 e. The first-order valence-electron chi connectivity index (χ1n) is 13.2. The smallest absolute Gasteiger partial charge is 0.339 e. The van der Waals surface area contributed by atoms with Crippen molar-refractivity contribution in [3.05, 3.63) is 47.0 Å². The number of phenols is 1. The zero-order chi connectivity index (χ0) is 29.4. The topological polar surface area (TPSA) is 156 Å². The molecule has 218 valence electrons. The van der Waals surface area contributed by atoms with Gasteiger partial charge < -0.3 is 38.8 Å². The summed E-state index contributed by atoms with van der Waals surface area (Å²) in [7, 11) is 1.10. The van der Waals surface area contributed by atoms with Gasteiger partial charge in [-0.25, -0.2) is 4.79 Å². The van der Waals surface area contributed by atoms with Crippen molar-refractivity contribution in [2.45, 2.75) is 70.4 Å². The molecule has 0 saturated carbocycles. The lowest BCUT2D eigenvalue weighted by Crippen LogP contribution is -2.64. The van der Waals surface area contributed by atoms with Crippen LogP contribution in [0, 0.1) is 0 Å². The molecule has 2 aromatic carbocycles. The van der Waals surface area contributed by atoms with Gasteiger partial charge in [0.2, 0.25) is 12.4 Å². The van der Waals surface area contributed by atoms with Gasteiger partial charge in [0, 0.05) is 32.4 Å². The van der Waals surface area contributed by atoms with Gasteiger partial charge >= 0.3 is 23.9 Å². The van der Waals surface area contributed by atoms with E-state index in [1.807, 2.05) is 18.2 Å². The first-order valence-corrected chi connectivity index (χ1v) is 13.2. The molecular weight excluding hydrogens is 538 g/mol. The van der Waals surface area contributed by atoms with Crippen molar-refractivity contribution in [1.82, 2.24) is 5.32 Å². The summed E-state index contributed by atoms with van der Waals surface area (Å²) in [5.74, 6) is -3.55. The summed E-state index contributed by atoms with van der Waals surface area (Å²) < 4.78 is 32.8. The number of aromatic hydroxyl groups is 1. The molecule has 1 saturated heterocycles. The largest absolute Gasteiger partial charge is 0.504 e. The number of carbonyl (C=O) groups excluding carboxylic acids is 4. The quantitative estimate of drug-likeness (QED) is 0.385. The summed E-state index contributed by atoms with van der Waals surface area (Å²) in [6.07, 6.45) is -6.19. The molecule has 0 aromatic heterocycles. The molecule has 2 heterocycles. The maximum Gasteiger partial charge on any atom is 0.339 e. The number of hydrogen-bond acceptors (Lipinski definition) is 12. The van der Waals surface area contributed by atoms with Crippen LogP contribution in [0.4, 0.5) is 0 Å². The highest BCUT2D eigenvalue weighted by Gasteiger charge is 2.56. The van der Waals surface area contributed by atoms with Crippen molar-refractivity contribution in [2.75, 3.05) is 13.7 Å². The molecule has 6 atom stereocenters. The molecule has 0 radical (unpaired) electrons. The van der Waals surface area contributed by atoms with Crippen molar-refractivity contribution < 1.29 is 52.7 Å². The molecule has 1 fully saturated rings. The second-order valence-electron chi connectivity index (χ2n) is 10.1. The number of benzene rings is 2. The number of nitrogens with one attached hydrogen (secondary N) is 1. The fourth-order valence-corrected chi connectivity index (χ4v) is 5.82. The van der Waals surface area contributed by atoms with Crippen LogP contribution in [0.5, 0.6) is 11.5 Å². The van der Waals surface area contributed by atoms with E-state index < -0.39 is 54.6 Å². The molecule has 3 aliphatic rings. The zero-order valence-corrected chi connectivity index (χ0v) is 23.0. The summed E-state index contributed by atoms with van der Waals surface area (Å²) >= 11 is 0. The lowest BCUT2D eigenvalue weighted by molar-refractivity contribution is -0.282. The lowest BCUT2D eigenvalue weighted by Gasteiger charge is -2.43. The average molecular weight is 570 g/mol. The van der Waals surface area contributed by atoms with E-state index in [9.17, 15) is 24.3 Å². The van der Waals surface area contributed by atoms with Crippen LogP contribution in [0.1, 0.15) is 43.5 Å². The van der Waals surface area contributed by atoms with Gasteiger partial charge in [0.15, 0.2) is 29.8 Å². The number of esters is 4. The van der Waals surface area contributed by atoms with Crippen LogP contribution in [0.2, 0.25) is 0 Å². The van der Waals surface area contributed by atoms with Gasteiger partial charge in [0.05, 0.1) is 7.11 Å². The van der Waals surface area contributed by atoms with Crippen LogP contribution in [0.25, 0.3) is 11.1 Å². The van der Waals surface area contributed by atoms with E-state index in [4.69, 9.17) is 28.4 Å². The van der Waals surface area contributed by atoms with Gasteiger partial charge in [0.1, 0.15) is 0 Å². The van der Waals surface area contributed by atoms with E-state index in [0.29, 0.717) is 12.0 Å². The highest BCUT2D eigenvalue weighted by atomic mass is 16.7. The molecule has 12 heteroatoms. The number of fused-ring (bicyclic) bond motifs is 2. The minimum absolute atomic E-state index is 0.0261. The average Bonchev–Trinajstić information content (AvgIpc) is 2.92. The van der Waals surface area contributed by atoms with E-state index in [-0.39, 0.29) is 17.5 Å². The van der Waals surface area contributed by atoms with Crippen molar-refractivity contribution in [3.63, 3.8) is 0 Å². The Kier molecular flexibility index (Phi) is 7.87. The molecule has 1 unspecified atom stereocenters. The maximum absolute atomic E-state index is 12.7. The zero-order valence-electron chi connectivity index (χ0n) is 23.0. The Hall–Kier alpha value is -4.16. The third-order valence-corrected chi connectivity index (χ3v) is 7.33. The first kappa shape index (κ1) is 28.4. The summed E-state index contributed by atoms with van der Waals surface area (Å²) in [5.41, 5.74) is 4.69. The molecule has 12 nitrogen and oxygen atoms in total. The van der Waals surface area contributed by atoms with E-state index in [0.717, 1.165) is 57.5 Å². The SMILES string of the molecule is COC(=O)[C@H]1O[C@@H](Oc2ccc3c(c2O)-c2cccc4c2C(C3)NCC4)[C@H](OC(C)=O)[C@@H](OC(C)=O)[C@@H]1OC(C)=O. The van der Waals surface area contributed by atoms with E-state index >= 15 is 0 Å². The molecule has 2 N–H and O–H groups in total. The van der Waals surface area contributed by atoms with Crippen LogP contribution >= 0.6 is 0 Å². The second kappa shape index (κ2) is 11.4. The molecule has 41 heavy (non-hydrogen) atoms. The lowest BCUT2D eigenvalue weighted by atomic mass is 9.77. The monoisotopic (exact) mass is 569 g/mol. The number of phenolic OH excluding ortho intramolecular Hbond substituents is 1. The van der Waals surface area contributed by atoms with Crippen LogP contribution in [0.15, 0.2) is 30.3 Å². The Labute approximate surface area is 235 Å². The molecule has 0 bridgehead atoms.